The molecule has 0 aliphatic carbocycles. The van der Waals surface area contributed by atoms with Crippen molar-refractivity contribution in [1.82, 2.24) is 14.7 Å². The Morgan fingerprint density at radius 1 is 1.53 bits per heavy atom. The van der Waals surface area contributed by atoms with Gasteiger partial charge in [0.15, 0.2) is 11.4 Å². The molecule has 2 aromatic heterocycles. The number of aromatic nitrogens is 2. The smallest absolute Gasteiger partial charge is 0.270 e. The monoisotopic (exact) mass is 261 g/mol. The van der Waals surface area contributed by atoms with Gasteiger partial charge >= 0.3 is 0 Å². The van der Waals surface area contributed by atoms with E-state index in [1.165, 1.54) is 24.5 Å². The Labute approximate surface area is 109 Å². The Morgan fingerprint density at radius 3 is 2.95 bits per heavy atom. The van der Waals surface area contributed by atoms with Gasteiger partial charge in [0.2, 0.25) is 0 Å². The van der Waals surface area contributed by atoms with Crippen molar-refractivity contribution in [3.8, 4) is 5.75 Å². The molecule has 0 aromatic carbocycles. The lowest BCUT2D eigenvalue weighted by molar-refractivity contribution is 0.0947. The van der Waals surface area contributed by atoms with Crippen LogP contribution in [0.3, 0.4) is 0 Å². The van der Waals surface area contributed by atoms with Crippen molar-refractivity contribution in [1.29, 1.82) is 0 Å². The average Bonchev–Trinajstić information content (AvgIpc) is 2.37. The number of nitrogens with one attached hydrogen (secondary N) is 1. The van der Waals surface area contributed by atoms with Crippen molar-refractivity contribution in [3.63, 3.8) is 0 Å². The van der Waals surface area contributed by atoms with Gasteiger partial charge in [-0.1, -0.05) is 13.8 Å². The van der Waals surface area contributed by atoms with Crippen LogP contribution in [-0.2, 0) is 0 Å². The largest absolute Gasteiger partial charge is 0.504 e. The van der Waals surface area contributed by atoms with Gasteiger partial charge in [0.25, 0.3) is 11.5 Å². The van der Waals surface area contributed by atoms with Gasteiger partial charge in [-0.2, -0.15) is 0 Å². The maximum atomic E-state index is 12.1. The van der Waals surface area contributed by atoms with E-state index in [-0.39, 0.29) is 17.0 Å². The van der Waals surface area contributed by atoms with Crippen LogP contribution in [0.25, 0.3) is 5.65 Å². The molecule has 0 atom stereocenters. The summed E-state index contributed by atoms with van der Waals surface area (Å²) in [5, 5.41) is 12.2. The lowest BCUT2D eigenvalue weighted by Gasteiger charge is -2.08. The van der Waals surface area contributed by atoms with Gasteiger partial charge in [0.05, 0.1) is 0 Å². The second-order valence-corrected chi connectivity index (χ2v) is 4.67. The second-order valence-electron chi connectivity index (χ2n) is 4.67. The molecule has 0 unspecified atom stereocenters. The Bertz CT molecular complexity index is 676. The van der Waals surface area contributed by atoms with Crippen LogP contribution in [0.5, 0.6) is 5.75 Å². The van der Waals surface area contributed by atoms with Crippen LogP contribution in [0.2, 0.25) is 0 Å². The van der Waals surface area contributed by atoms with Crippen LogP contribution in [-0.4, -0.2) is 26.9 Å². The van der Waals surface area contributed by atoms with Gasteiger partial charge in [-0.15, -0.1) is 0 Å². The number of hydrogen-bond acceptors (Lipinski definition) is 4. The SMILES string of the molecule is CC(C)CNC(=O)c1cnc2c(O)cccn2c1=O. The van der Waals surface area contributed by atoms with Crippen molar-refractivity contribution < 1.29 is 9.90 Å². The normalized spacial score (nSPS) is 10.9. The highest BCUT2D eigenvalue weighted by atomic mass is 16.3. The number of rotatable bonds is 3. The van der Waals surface area contributed by atoms with Crippen LogP contribution in [0.1, 0.15) is 24.2 Å². The van der Waals surface area contributed by atoms with E-state index in [1.807, 2.05) is 13.8 Å². The molecular formula is C13H15N3O3. The molecule has 0 saturated heterocycles. The van der Waals surface area contributed by atoms with E-state index in [9.17, 15) is 14.7 Å². The highest BCUT2D eigenvalue weighted by molar-refractivity contribution is 5.93. The first-order chi connectivity index (χ1) is 9.00. The molecule has 0 aliphatic rings. The number of carbonyl (C=O) groups excluding carboxylic acids is 1. The molecule has 100 valence electrons. The third-order valence-corrected chi connectivity index (χ3v) is 2.63. The predicted molar refractivity (Wildman–Crippen MR) is 70.3 cm³/mol. The number of amides is 1. The number of hydrogen-bond donors (Lipinski definition) is 2. The Kier molecular flexibility index (Phi) is 3.50. The molecule has 0 radical (unpaired) electrons. The van der Waals surface area contributed by atoms with Crippen molar-refractivity contribution in [2.24, 2.45) is 5.92 Å². The number of fused-ring (bicyclic) bond motifs is 1. The highest BCUT2D eigenvalue weighted by Gasteiger charge is 2.14. The molecule has 0 aliphatic heterocycles. The molecule has 19 heavy (non-hydrogen) atoms. The van der Waals surface area contributed by atoms with Gasteiger partial charge in [-0.05, 0) is 18.1 Å². The van der Waals surface area contributed by atoms with Crippen molar-refractivity contribution in [2.75, 3.05) is 6.54 Å². The van der Waals surface area contributed by atoms with Gasteiger partial charge in [-0.3, -0.25) is 14.0 Å². The zero-order chi connectivity index (χ0) is 14.0. The number of pyridine rings is 1. The summed E-state index contributed by atoms with van der Waals surface area (Å²) in [5.74, 6) is -0.262. The van der Waals surface area contributed by atoms with E-state index in [2.05, 4.69) is 10.3 Å². The summed E-state index contributed by atoms with van der Waals surface area (Å²) in [7, 11) is 0. The molecule has 0 fully saturated rings. The zero-order valence-corrected chi connectivity index (χ0v) is 10.8. The van der Waals surface area contributed by atoms with Crippen LogP contribution in [0.4, 0.5) is 0 Å². The minimum Gasteiger partial charge on any atom is -0.504 e. The fraction of sp³-hybridized carbons (Fsp3) is 0.308. The first-order valence-corrected chi connectivity index (χ1v) is 5.98. The third kappa shape index (κ3) is 2.57. The van der Waals surface area contributed by atoms with E-state index >= 15 is 0 Å². The van der Waals surface area contributed by atoms with Crippen LogP contribution in [0, 0.1) is 5.92 Å². The fourth-order valence-corrected chi connectivity index (χ4v) is 1.64. The average molecular weight is 261 g/mol. The lowest BCUT2D eigenvalue weighted by Crippen LogP contribution is -2.33. The first kappa shape index (κ1) is 13.1. The fourth-order valence-electron chi connectivity index (χ4n) is 1.64. The summed E-state index contributed by atoms with van der Waals surface area (Å²) < 4.78 is 1.15. The molecule has 2 heterocycles. The molecule has 0 saturated carbocycles. The topological polar surface area (TPSA) is 83.7 Å². The van der Waals surface area contributed by atoms with Crippen molar-refractivity contribution >= 4 is 11.6 Å². The lowest BCUT2D eigenvalue weighted by atomic mass is 10.2. The van der Waals surface area contributed by atoms with E-state index in [1.54, 1.807) is 0 Å². The predicted octanol–water partition coefficient (Wildman–Crippen LogP) is 0.786. The Morgan fingerprint density at radius 2 is 2.26 bits per heavy atom. The molecule has 0 bridgehead atoms. The Hall–Kier alpha value is -2.37. The summed E-state index contributed by atoms with van der Waals surface area (Å²) in [6.07, 6.45) is 2.65. The van der Waals surface area contributed by atoms with E-state index in [4.69, 9.17) is 0 Å². The quantitative estimate of drug-likeness (QED) is 0.855. The highest BCUT2D eigenvalue weighted by Crippen LogP contribution is 2.12. The molecule has 2 aromatic rings. The summed E-state index contributed by atoms with van der Waals surface area (Å²) in [6, 6.07) is 2.95. The van der Waals surface area contributed by atoms with Crippen molar-refractivity contribution in [2.45, 2.75) is 13.8 Å². The molecule has 2 N–H and O–H groups in total. The third-order valence-electron chi connectivity index (χ3n) is 2.63. The van der Waals surface area contributed by atoms with E-state index < -0.39 is 11.5 Å². The molecule has 1 amide bonds. The molecule has 2 rings (SSSR count). The minimum atomic E-state index is -0.498. The van der Waals surface area contributed by atoms with Gasteiger partial charge < -0.3 is 10.4 Å². The minimum absolute atomic E-state index is 0.0382. The first-order valence-electron chi connectivity index (χ1n) is 5.98. The number of carbonyl (C=O) groups is 1. The van der Waals surface area contributed by atoms with Gasteiger partial charge in [0.1, 0.15) is 5.56 Å². The molecule has 6 heteroatoms. The number of aromatic hydroxyl groups is 1. The second kappa shape index (κ2) is 5.09. The molecule has 6 nitrogen and oxygen atoms in total. The van der Waals surface area contributed by atoms with Crippen LogP contribution < -0.4 is 10.9 Å². The maximum absolute atomic E-state index is 12.1. The summed E-state index contributed by atoms with van der Waals surface area (Å²) in [5.41, 5.74) is -0.404. The summed E-state index contributed by atoms with van der Waals surface area (Å²) >= 11 is 0. The summed E-state index contributed by atoms with van der Waals surface area (Å²) in [6.45, 7) is 4.41. The maximum Gasteiger partial charge on any atom is 0.270 e. The number of nitrogens with zero attached hydrogens (tertiary/aromatic N) is 2. The van der Waals surface area contributed by atoms with E-state index in [0.717, 1.165) is 4.40 Å². The van der Waals surface area contributed by atoms with E-state index in [0.29, 0.717) is 12.5 Å². The van der Waals surface area contributed by atoms with Crippen LogP contribution in [0.15, 0.2) is 29.3 Å². The Balaban J connectivity index is 2.43. The molecule has 0 spiro atoms. The van der Waals surface area contributed by atoms with Crippen molar-refractivity contribution in [3.05, 3.63) is 40.4 Å². The molecular weight excluding hydrogens is 246 g/mol. The van der Waals surface area contributed by atoms with Gasteiger partial charge in [0, 0.05) is 18.9 Å². The zero-order valence-electron chi connectivity index (χ0n) is 10.8. The summed E-state index contributed by atoms with van der Waals surface area (Å²) in [4.78, 5) is 27.9. The van der Waals surface area contributed by atoms with Crippen LogP contribution >= 0.6 is 0 Å². The van der Waals surface area contributed by atoms with Gasteiger partial charge in [-0.25, -0.2) is 4.98 Å². The standard InChI is InChI=1S/C13H15N3O3/c1-8(2)6-15-12(18)9-7-14-11-10(17)4-3-5-16(11)13(9)19/h3-5,7-8,17H,6H2,1-2H3,(H,15,18).